The number of nitrogens with two attached hydrogens (primary N) is 1. The van der Waals surface area contributed by atoms with Crippen molar-refractivity contribution in [2.24, 2.45) is 5.92 Å². The van der Waals surface area contributed by atoms with Crippen molar-refractivity contribution < 1.29 is 15.2 Å². The minimum atomic E-state index is -0.868. The Bertz CT molecular complexity index is 169. The predicted molar refractivity (Wildman–Crippen MR) is 31.8 cm³/mol. The van der Waals surface area contributed by atoms with Gasteiger partial charge in [0, 0.05) is 12.3 Å². The summed E-state index contributed by atoms with van der Waals surface area (Å²) in [6.45, 7) is 0. The highest BCUT2D eigenvalue weighted by Gasteiger charge is 2.43. The van der Waals surface area contributed by atoms with Crippen LogP contribution in [0.4, 0.5) is 0 Å². The lowest BCUT2D eigenvalue weighted by molar-refractivity contribution is -0.704. The second-order valence-corrected chi connectivity index (χ2v) is 3.37. The Morgan fingerprint density at radius 3 is 2.60 bits per heavy atom. The maximum atomic E-state index is 10.4. The van der Waals surface area contributed by atoms with Crippen LogP contribution in [0, 0.1) is 5.92 Å². The fourth-order valence-corrected chi connectivity index (χ4v) is 2.28. The second kappa shape index (κ2) is 1.95. The third-order valence-electron chi connectivity index (χ3n) is 2.77. The summed E-state index contributed by atoms with van der Waals surface area (Å²) in [6, 6.07) is 0.367. The number of carbonyl (C=O) groups is 1. The Hall–Kier alpha value is -0.570. The van der Waals surface area contributed by atoms with Gasteiger partial charge in [0.25, 0.3) is 0 Å². The summed E-state index contributed by atoms with van der Waals surface area (Å²) in [6.07, 6.45) is 3.40. The van der Waals surface area contributed by atoms with Gasteiger partial charge < -0.3 is 15.2 Å². The van der Waals surface area contributed by atoms with E-state index in [1.807, 2.05) is 5.32 Å². The summed E-state index contributed by atoms with van der Waals surface area (Å²) in [5.74, 6) is -0.456. The molecule has 1 saturated carbocycles. The lowest BCUT2D eigenvalue weighted by Crippen LogP contribution is -2.95. The predicted octanol–water partition coefficient (Wildman–Crippen LogP) is -2.15. The lowest BCUT2D eigenvalue weighted by Gasteiger charge is -2.19. The van der Waals surface area contributed by atoms with Crippen LogP contribution in [0.1, 0.15) is 19.3 Å². The Labute approximate surface area is 59.4 Å². The monoisotopic (exact) mass is 141 g/mol. The van der Waals surface area contributed by atoms with Gasteiger partial charge in [-0.1, -0.05) is 0 Å². The third kappa shape index (κ3) is 0.736. The van der Waals surface area contributed by atoms with Crippen molar-refractivity contribution in [3.05, 3.63) is 0 Å². The van der Waals surface area contributed by atoms with Gasteiger partial charge in [-0.25, -0.2) is 0 Å². The van der Waals surface area contributed by atoms with Gasteiger partial charge in [0.15, 0.2) is 0 Å². The van der Waals surface area contributed by atoms with Gasteiger partial charge in [0.2, 0.25) is 0 Å². The second-order valence-electron chi connectivity index (χ2n) is 3.37. The highest BCUT2D eigenvalue weighted by atomic mass is 16.4. The molecule has 1 saturated heterocycles. The topological polar surface area (TPSA) is 56.7 Å². The van der Waals surface area contributed by atoms with E-state index in [4.69, 9.17) is 0 Å². The van der Waals surface area contributed by atoms with Crippen LogP contribution >= 0.6 is 0 Å². The van der Waals surface area contributed by atoms with Gasteiger partial charge in [0.1, 0.15) is 6.04 Å². The van der Waals surface area contributed by atoms with E-state index in [2.05, 4.69) is 0 Å². The van der Waals surface area contributed by atoms with E-state index in [9.17, 15) is 9.90 Å². The number of hydrogen-bond acceptors (Lipinski definition) is 2. The fraction of sp³-hybridized carbons (Fsp3) is 0.857. The van der Waals surface area contributed by atoms with Crippen molar-refractivity contribution in [3.8, 4) is 0 Å². The molecule has 10 heavy (non-hydrogen) atoms. The summed E-state index contributed by atoms with van der Waals surface area (Å²) in [7, 11) is 0. The molecule has 1 aliphatic heterocycles. The van der Waals surface area contributed by atoms with E-state index >= 15 is 0 Å². The number of quaternary nitrogens is 1. The first-order chi connectivity index (χ1) is 4.77. The molecular formula is C7H11NO2. The molecule has 0 spiro atoms. The highest BCUT2D eigenvalue weighted by Crippen LogP contribution is 2.29. The Balaban J connectivity index is 2.08. The first-order valence-corrected chi connectivity index (χ1v) is 3.83. The molecule has 3 nitrogen and oxygen atoms in total. The van der Waals surface area contributed by atoms with Crippen molar-refractivity contribution in [2.75, 3.05) is 0 Å². The van der Waals surface area contributed by atoms with Crippen LogP contribution < -0.4 is 10.4 Å². The fourth-order valence-electron chi connectivity index (χ4n) is 2.28. The molecule has 2 fully saturated rings. The van der Waals surface area contributed by atoms with Gasteiger partial charge in [-0.05, 0) is 12.8 Å². The molecule has 0 unspecified atom stereocenters. The van der Waals surface area contributed by atoms with Gasteiger partial charge in [-0.3, -0.25) is 0 Å². The standard InChI is InChI=1S/C7H11NO2/c9-7(10)6-4-1-2-5(3-4)8-6/h4-6,8H,1-3H2,(H,9,10)/t4-,5-,6+/m0/s1. The zero-order valence-electron chi connectivity index (χ0n) is 5.75. The van der Waals surface area contributed by atoms with Crippen molar-refractivity contribution in [1.29, 1.82) is 0 Å². The van der Waals surface area contributed by atoms with Crippen molar-refractivity contribution in [1.82, 2.24) is 0 Å². The summed E-state index contributed by atoms with van der Waals surface area (Å²) in [5, 5.41) is 12.4. The summed E-state index contributed by atoms with van der Waals surface area (Å²) >= 11 is 0. The number of carboxylic acid groups (broad SMARTS) is 1. The van der Waals surface area contributed by atoms with Gasteiger partial charge in [-0.15, -0.1) is 0 Å². The minimum absolute atomic E-state index is 0.223. The molecule has 2 rings (SSSR count). The number of carboxylic acids is 1. The van der Waals surface area contributed by atoms with Gasteiger partial charge in [0.05, 0.1) is 12.0 Å². The van der Waals surface area contributed by atoms with Crippen molar-refractivity contribution in [3.63, 3.8) is 0 Å². The highest BCUT2D eigenvalue weighted by molar-refractivity contribution is 5.70. The average Bonchev–Trinajstić information content (AvgIpc) is 2.44. The molecule has 0 aromatic carbocycles. The molecule has 56 valence electrons. The summed E-state index contributed by atoms with van der Waals surface area (Å²) in [4.78, 5) is 10.4. The van der Waals surface area contributed by atoms with Crippen LogP contribution in [-0.4, -0.2) is 18.1 Å². The Kier molecular flexibility index (Phi) is 1.20. The van der Waals surface area contributed by atoms with Crippen LogP contribution in [0.25, 0.3) is 0 Å². The molecule has 2 aliphatic rings. The molecule has 1 heterocycles. The van der Waals surface area contributed by atoms with Crippen LogP contribution in [-0.2, 0) is 4.79 Å². The molecule has 0 aromatic rings. The smallest absolute Gasteiger partial charge is 0.129 e. The molecule has 3 atom stereocenters. The van der Waals surface area contributed by atoms with E-state index in [-0.39, 0.29) is 6.04 Å². The Morgan fingerprint density at radius 2 is 2.30 bits per heavy atom. The van der Waals surface area contributed by atoms with Crippen molar-refractivity contribution in [2.45, 2.75) is 31.3 Å². The molecule has 2 bridgehead atoms. The van der Waals surface area contributed by atoms with Gasteiger partial charge in [-0.2, -0.15) is 0 Å². The molecular weight excluding hydrogens is 130 g/mol. The molecule has 2 N–H and O–H groups in total. The van der Waals surface area contributed by atoms with Crippen LogP contribution in [0.5, 0.6) is 0 Å². The number of hydrogen-bond donors (Lipinski definition) is 1. The molecule has 3 heteroatoms. The first kappa shape index (κ1) is 6.16. The average molecular weight is 141 g/mol. The number of carbonyl (C=O) groups excluding carboxylic acids is 1. The third-order valence-corrected chi connectivity index (χ3v) is 2.77. The maximum Gasteiger partial charge on any atom is 0.129 e. The summed E-state index contributed by atoms with van der Waals surface area (Å²) in [5.41, 5.74) is 0. The maximum absolute atomic E-state index is 10.4. The van der Waals surface area contributed by atoms with Crippen molar-refractivity contribution >= 4 is 5.97 Å². The van der Waals surface area contributed by atoms with E-state index in [1.165, 1.54) is 6.42 Å². The van der Waals surface area contributed by atoms with Crippen LogP contribution in [0.2, 0.25) is 0 Å². The zero-order chi connectivity index (χ0) is 7.14. The molecule has 0 radical (unpaired) electrons. The van der Waals surface area contributed by atoms with E-state index in [1.54, 1.807) is 0 Å². The summed E-state index contributed by atoms with van der Waals surface area (Å²) < 4.78 is 0. The number of rotatable bonds is 1. The minimum Gasteiger partial charge on any atom is -0.544 e. The number of piperidine rings is 1. The number of fused-ring (bicyclic) bond motifs is 2. The van der Waals surface area contributed by atoms with E-state index in [0.29, 0.717) is 12.0 Å². The molecule has 0 amide bonds. The quantitative estimate of drug-likeness (QED) is 0.452. The Morgan fingerprint density at radius 1 is 1.50 bits per heavy atom. The zero-order valence-corrected chi connectivity index (χ0v) is 5.75. The van der Waals surface area contributed by atoms with Crippen LogP contribution in [0.3, 0.4) is 0 Å². The molecule has 0 aromatic heterocycles. The van der Waals surface area contributed by atoms with Gasteiger partial charge >= 0.3 is 0 Å². The largest absolute Gasteiger partial charge is 0.544 e. The molecule has 1 aliphatic carbocycles. The first-order valence-electron chi connectivity index (χ1n) is 3.83. The SMILES string of the molecule is O=C([O-])[C@@H]1[NH2+][C@H]2CC[C@H]1C2. The van der Waals surface area contributed by atoms with Crippen LogP contribution in [0.15, 0.2) is 0 Å². The normalized spacial score (nSPS) is 44.2. The lowest BCUT2D eigenvalue weighted by atomic mass is 10.0. The van der Waals surface area contributed by atoms with E-state index < -0.39 is 5.97 Å². The number of aliphatic carboxylic acids is 1. The van der Waals surface area contributed by atoms with E-state index in [0.717, 1.165) is 12.8 Å².